The highest BCUT2D eigenvalue weighted by molar-refractivity contribution is 6.15. The smallest absolute Gasteiger partial charge is 0.00987 e. The predicted molar refractivity (Wildman–Crippen MR) is 123 cm³/mol. The van der Waals surface area contributed by atoms with E-state index in [9.17, 15) is 0 Å². The summed E-state index contributed by atoms with van der Waals surface area (Å²) in [7, 11) is 0. The van der Waals surface area contributed by atoms with Crippen LogP contribution in [0.5, 0.6) is 0 Å². The Morgan fingerprint density at radius 1 is 0.607 bits per heavy atom. The van der Waals surface area contributed by atoms with Crippen molar-refractivity contribution >= 4 is 44.5 Å². The van der Waals surface area contributed by atoms with Crippen molar-refractivity contribution in [1.82, 2.24) is 0 Å². The Labute approximate surface area is 164 Å². The lowest BCUT2D eigenvalue weighted by atomic mass is 9.91. The van der Waals surface area contributed by atoms with Crippen LogP contribution in [0, 0.1) is 0 Å². The van der Waals surface area contributed by atoms with E-state index in [0.29, 0.717) is 0 Å². The molecule has 1 aliphatic carbocycles. The molecule has 0 saturated carbocycles. The molecule has 5 aromatic rings. The van der Waals surface area contributed by atoms with E-state index in [0.717, 1.165) is 6.42 Å². The molecule has 5 aromatic carbocycles. The standard InChI is InChI=1S/C28H20/c1-2-18-6-8-20-17-28-22(16-23(20)14-18)9-11-26-25-10-7-19-4-3-5-21(15-19)24(25)12-13-27(26)28/h3-17H,2H2,1H3. The molecule has 0 amide bonds. The van der Waals surface area contributed by atoms with Gasteiger partial charge in [-0.3, -0.25) is 0 Å². The first-order valence-electron chi connectivity index (χ1n) is 10.0. The molecular weight excluding hydrogens is 336 g/mol. The van der Waals surface area contributed by atoms with Crippen LogP contribution in [0.25, 0.3) is 55.6 Å². The van der Waals surface area contributed by atoms with Gasteiger partial charge in [0.1, 0.15) is 0 Å². The Hall–Kier alpha value is -3.38. The van der Waals surface area contributed by atoms with Crippen LogP contribution in [-0.4, -0.2) is 0 Å². The van der Waals surface area contributed by atoms with Crippen LogP contribution in [0.1, 0.15) is 23.6 Å². The van der Waals surface area contributed by atoms with E-state index in [-0.39, 0.29) is 0 Å². The molecule has 6 rings (SSSR count). The monoisotopic (exact) mass is 356 g/mol. The van der Waals surface area contributed by atoms with Gasteiger partial charge in [0.05, 0.1) is 0 Å². The zero-order valence-corrected chi connectivity index (χ0v) is 15.9. The Balaban J connectivity index is 1.68. The normalized spacial score (nSPS) is 12.5. The third-order valence-corrected chi connectivity index (χ3v) is 6.13. The zero-order valence-electron chi connectivity index (χ0n) is 15.9. The molecule has 0 radical (unpaired) electrons. The number of hydrogen-bond acceptors (Lipinski definition) is 0. The quantitative estimate of drug-likeness (QED) is 0.208. The van der Waals surface area contributed by atoms with Crippen molar-refractivity contribution in [2.24, 2.45) is 0 Å². The van der Waals surface area contributed by atoms with Crippen LogP contribution in [0.15, 0.2) is 78.9 Å². The van der Waals surface area contributed by atoms with E-state index in [1.54, 1.807) is 0 Å². The maximum atomic E-state index is 2.36. The van der Waals surface area contributed by atoms with Gasteiger partial charge in [0.2, 0.25) is 0 Å². The van der Waals surface area contributed by atoms with Gasteiger partial charge >= 0.3 is 0 Å². The predicted octanol–water partition coefficient (Wildman–Crippen LogP) is 7.86. The van der Waals surface area contributed by atoms with Gasteiger partial charge in [-0.1, -0.05) is 79.7 Å². The van der Waals surface area contributed by atoms with Gasteiger partial charge < -0.3 is 0 Å². The summed E-state index contributed by atoms with van der Waals surface area (Å²) >= 11 is 0. The first-order chi connectivity index (χ1) is 13.8. The lowest BCUT2D eigenvalue weighted by Crippen LogP contribution is -1.87. The molecule has 0 atom stereocenters. The Kier molecular flexibility index (Phi) is 3.25. The molecule has 2 bridgehead atoms. The second kappa shape index (κ2) is 5.81. The zero-order chi connectivity index (χ0) is 18.7. The average molecular weight is 356 g/mol. The lowest BCUT2D eigenvalue weighted by Gasteiger charge is -2.12. The second-order valence-electron chi connectivity index (χ2n) is 7.75. The van der Waals surface area contributed by atoms with Gasteiger partial charge in [-0.2, -0.15) is 0 Å². The maximum Gasteiger partial charge on any atom is -0.00987 e. The van der Waals surface area contributed by atoms with Crippen molar-refractivity contribution in [3.63, 3.8) is 0 Å². The van der Waals surface area contributed by atoms with Gasteiger partial charge in [0.25, 0.3) is 0 Å². The van der Waals surface area contributed by atoms with Crippen LogP contribution in [0.2, 0.25) is 0 Å². The van der Waals surface area contributed by atoms with Gasteiger partial charge in [-0.25, -0.2) is 0 Å². The third kappa shape index (κ3) is 2.25. The van der Waals surface area contributed by atoms with Crippen LogP contribution >= 0.6 is 0 Å². The molecule has 0 aromatic heterocycles. The topological polar surface area (TPSA) is 0 Å². The van der Waals surface area contributed by atoms with Crippen LogP contribution in [-0.2, 0) is 6.42 Å². The van der Waals surface area contributed by atoms with E-state index in [1.807, 2.05) is 0 Å². The molecule has 132 valence electrons. The highest BCUT2D eigenvalue weighted by Crippen LogP contribution is 2.38. The largest absolute Gasteiger partial charge is 0.0613 e. The Morgan fingerprint density at radius 2 is 1.50 bits per heavy atom. The molecule has 0 fully saturated rings. The summed E-state index contributed by atoms with van der Waals surface area (Å²) < 4.78 is 0. The highest BCUT2D eigenvalue weighted by Gasteiger charge is 2.12. The summed E-state index contributed by atoms with van der Waals surface area (Å²) in [5.74, 6) is 0. The van der Waals surface area contributed by atoms with Gasteiger partial charge in [-0.05, 0) is 84.8 Å². The van der Waals surface area contributed by atoms with E-state index < -0.39 is 0 Å². The van der Waals surface area contributed by atoms with Crippen molar-refractivity contribution in [1.29, 1.82) is 0 Å². The summed E-state index contributed by atoms with van der Waals surface area (Å²) in [6.07, 6.45) is 5.58. The minimum atomic E-state index is 1.07. The van der Waals surface area contributed by atoms with Gasteiger partial charge in [0, 0.05) is 0 Å². The second-order valence-corrected chi connectivity index (χ2v) is 7.75. The maximum absolute atomic E-state index is 2.36. The van der Waals surface area contributed by atoms with Gasteiger partial charge in [0.15, 0.2) is 0 Å². The minimum Gasteiger partial charge on any atom is -0.0613 e. The fraction of sp³-hybridized carbons (Fsp3) is 0.0714. The molecule has 1 aliphatic rings. The molecule has 0 heterocycles. The average Bonchev–Trinajstić information content (AvgIpc) is 2.87. The fourth-order valence-corrected chi connectivity index (χ4v) is 4.60. The summed E-state index contributed by atoms with van der Waals surface area (Å²) in [6.45, 7) is 2.21. The van der Waals surface area contributed by atoms with Crippen molar-refractivity contribution in [3.05, 3.63) is 95.6 Å². The molecule has 0 spiro atoms. The SMILES string of the molecule is CCc1ccc2cc3c(ccc4c5c(ccc43)-c3cccc(c3)C=C5)cc2c1. The van der Waals surface area contributed by atoms with Crippen molar-refractivity contribution < 1.29 is 0 Å². The molecule has 0 nitrogen and oxygen atoms in total. The number of benzene rings is 5. The van der Waals surface area contributed by atoms with E-state index in [4.69, 9.17) is 0 Å². The van der Waals surface area contributed by atoms with Crippen LogP contribution in [0.3, 0.4) is 0 Å². The minimum absolute atomic E-state index is 1.07. The van der Waals surface area contributed by atoms with Crippen molar-refractivity contribution in [3.8, 4) is 11.1 Å². The molecule has 0 unspecified atom stereocenters. The van der Waals surface area contributed by atoms with Crippen LogP contribution < -0.4 is 0 Å². The fourth-order valence-electron chi connectivity index (χ4n) is 4.60. The number of rotatable bonds is 1. The van der Waals surface area contributed by atoms with E-state index in [1.165, 1.54) is 60.1 Å². The summed E-state index contributed by atoms with van der Waals surface area (Å²) in [6, 6.07) is 29.5. The molecule has 0 N–H and O–H groups in total. The van der Waals surface area contributed by atoms with E-state index in [2.05, 4.69) is 97.9 Å². The first kappa shape index (κ1) is 15.7. The Morgan fingerprint density at radius 3 is 2.43 bits per heavy atom. The number of hydrogen-bond donors (Lipinski definition) is 0. The molecule has 0 heteroatoms. The molecular formula is C28H20. The number of aryl methyl sites for hydroxylation is 1. The number of fused-ring (bicyclic) bond motifs is 9. The molecule has 0 aliphatic heterocycles. The van der Waals surface area contributed by atoms with Crippen molar-refractivity contribution in [2.45, 2.75) is 13.3 Å². The lowest BCUT2D eigenvalue weighted by molar-refractivity contribution is 1.15. The Bertz CT molecular complexity index is 1430. The highest BCUT2D eigenvalue weighted by atomic mass is 14.2. The van der Waals surface area contributed by atoms with Gasteiger partial charge in [-0.15, -0.1) is 0 Å². The summed E-state index contributed by atoms with van der Waals surface area (Å²) in [4.78, 5) is 0. The van der Waals surface area contributed by atoms with Crippen molar-refractivity contribution in [2.75, 3.05) is 0 Å². The molecule has 0 saturated heterocycles. The molecule has 28 heavy (non-hydrogen) atoms. The van der Waals surface area contributed by atoms with E-state index >= 15 is 0 Å². The third-order valence-electron chi connectivity index (χ3n) is 6.13. The summed E-state index contributed by atoms with van der Waals surface area (Å²) in [5.41, 5.74) is 6.59. The first-order valence-corrected chi connectivity index (χ1v) is 10.0. The van der Waals surface area contributed by atoms with Crippen LogP contribution in [0.4, 0.5) is 0 Å². The summed E-state index contributed by atoms with van der Waals surface area (Å²) in [5, 5.41) is 7.95.